The Balaban J connectivity index is 1.46. The number of aromatic nitrogens is 4. The van der Waals surface area contributed by atoms with E-state index in [0.29, 0.717) is 47.2 Å². The number of hydrogen-bond acceptors (Lipinski definition) is 9. The lowest BCUT2D eigenvalue weighted by molar-refractivity contribution is -0.118. The number of carbonyl (C=O) groups excluding carboxylic acids is 3. The summed E-state index contributed by atoms with van der Waals surface area (Å²) in [5.41, 5.74) is 2.17. The largest absolute Gasteiger partial charge is 0.494 e. The molecule has 12 heteroatoms. The summed E-state index contributed by atoms with van der Waals surface area (Å²) >= 11 is 0. The number of nitrogens with zero attached hydrogens (tertiary/aromatic N) is 5. The van der Waals surface area contributed by atoms with Gasteiger partial charge >= 0.3 is 0 Å². The van der Waals surface area contributed by atoms with Crippen molar-refractivity contribution in [3.8, 4) is 17.1 Å². The van der Waals surface area contributed by atoms with E-state index in [1.54, 1.807) is 35.5 Å². The van der Waals surface area contributed by atoms with E-state index in [0.717, 1.165) is 19.3 Å². The standard InChI is InChI=1S/C25H26N8O4/c1-26-25(36)21-18(11-19(31-32-21)30-24(35)14-8-9-14)29-17-6-3-5-16(22(17)37-2)23-27-12-15(13-28-23)33-10-4-7-20(33)34/h3,5-6,11-14H,4,7-10H2,1-2H3,(H,26,36)(H2,29,30,31,35). The molecule has 0 radical (unpaired) electrons. The number of para-hydroxylation sites is 1. The van der Waals surface area contributed by atoms with Crippen molar-refractivity contribution in [2.75, 3.05) is 36.2 Å². The van der Waals surface area contributed by atoms with Crippen LogP contribution in [0.25, 0.3) is 11.4 Å². The van der Waals surface area contributed by atoms with Crippen molar-refractivity contribution in [2.45, 2.75) is 25.7 Å². The number of carbonyl (C=O) groups is 3. The fourth-order valence-corrected chi connectivity index (χ4v) is 4.11. The average molecular weight is 503 g/mol. The molecule has 2 fully saturated rings. The highest BCUT2D eigenvalue weighted by Crippen LogP contribution is 2.37. The molecule has 3 heterocycles. The minimum atomic E-state index is -0.444. The van der Waals surface area contributed by atoms with Crippen LogP contribution >= 0.6 is 0 Å². The van der Waals surface area contributed by atoms with E-state index in [1.807, 2.05) is 6.07 Å². The number of benzene rings is 1. The number of nitrogens with one attached hydrogen (secondary N) is 3. The van der Waals surface area contributed by atoms with E-state index in [4.69, 9.17) is 4.74 Å². The second-order valence-corrected chi connectivity index (χ2v) is 8.76. The van der Waals surface area contributed by atoms with Gasteiger partial charge in [-0.2, -0.15) is 0 Å². The van der Waals surface area contributed by atoms with Gasteiger partial charge in [-0.05, 0) is 31.4 Å². The topological polar surface area (TPSA) is 151 Å². The van der Waals surface area contributed by atoms with Gasteiger partial charge in [0.15, 0.2) is 23.1 Å². The lowest BCUT2D eigenvalue weighted by atomic mass is 10.1. The smallest absolute Gasteiger partial charge is 0.273 e. The molecule has 0 unspecified atom stereocenters. The van der Waals surface area contributed by atoms with Crippen molar-refractivity contribution in [1.29, 1.82) is 0 Å². The van der Waals surface area contributed by atoms with Crippen LogP contribution in [0, 0.1) is 5.92 Å². The SMILES string of the molecule is CNC(=O)c1nnc(NC(=O)C2CC2)cc1Nc1cccc(-c2ncc(N3CCCC3=O)cn2)c1OC. The predicted octanol–water partition coefficient (Wildman–Crippen LogP) is 2.52. The zero-order valence-electron chi connectivity index (χ0n) is 20.4. The molecule has 2 aromatic heterocycles. The molecule has 1 saturated carbocycles. The first-order valence-electron chi connectivity index (χ1n) is 12.0. The molecule has 12 nitrogen and oxygen atoms in total. The van der Waals surface area contributed by atoms with Crippen LogP contribution in [0.1, 0.15) is 36.2 Å². The van der Waals surface area contributed by atoms with Gasteiger partial charge in [-0.25, -0.2) is 9.97 Å². The van der Waals surface area contributed by atoms with E-state index < -0.39 is 5.91 Å². The van der Waals surface area contributed by atoms with E-state index in [2.05, 4.69) is 36.1 Å². The fourth-order valence-electron chi connectivity index (χ4n) is 4.11. The van der Waals surface area contributed by atoms with E-state index >= 15 is 0 Å². The van der Waals surface area contributed by atoms with Crippen LogP contribution in [0.2, 0.25) is 0 Å². The summed E-state index contributed by atoms with van der Waals surface area (Å²) in [6.07, 6.45) is 6.28. The first-order valence-corrected chi connectivity index (χ1v) is 12.0. The van der Waals surface area contributed by atoms with Crippen LogP contribution in [0.5, 0.6) is 5.75 Å². The van der Waals surface area contributed by atoms with Crippen molar-refractivity contribution in [1.82, 2.24) is 25.5 Å². The second-order valence-electron chi connectivity index (χ2n) is 8.76. The first-order chi connectivity index (χ1) is 18.0. The molecule has 0 spiro atoms. The van der Waals surface area contributed by atoms with E-state index in [1.165, 1.54) is 14.2 Å². The van der Waals surface area contributed by atoms with Gasteiger partial charge in [0.25, 0.3) is 5.91 Å². The normalized spacial score (nSPS) is 14.9. The molecular weight excluding hydrogens is 476 g/mol. The highest BCUT2D eigenvalue weighted by Gasteiger charge is 2.30. The van der Waals surface area contributed by atoms with Gasteiger partial charge in [0.1, 0.15) is 0 Å². The Morgan fingerprint density at radius 3 is 2.54 bits per heavy atom. The minimum absolute atomic E-state index is 0.0106. The van der Waals surface area contributed by atoms with Gasteiger partial charge in [-0.15, -0.1) is 10.2 Å². The highest BCUT2D eigenvalue weighted by atomic mass is 16.5. The van der Waals surface area contributed by atoms with Crippen molar-refractivity contribution in [2.24, 2.45) is 5.92 Å². The molecule has 3 N–H and O–H groups in total. The van der Waals surface area contributed by atoms with Crippen molar-refractivity contribution in [3.05, 3.63) is 42.4 Å². The Morgan fingerprint density at radius 2 is 1.89 bits per heavy atom. The lowest BCUT2D eigenvalue weighted by Crippen LogP contribution is -2.23. The predicted molar refractivity (Wildman–Crippen MR) is 136 cm³/mol. The zero-order valence-corrected chi connectivity index (χ0v) is 20.4. The molecule has 1 aromatic carbocycles. The number of hydrogen-bond donors (Lipinski definition) is 3. The molecule has 3 amide bonds. The van der Waals surface area contributed by atoms with Gasteiger partial charge in [0.05, 0.1) is 42.1 Å². The molecule has 1 aliphatic heterocycles. The molecule has 5 rings (SSSR count). The minimum Gasteiger partial charge on any atom is -0.494 e. The van der Waals surface area contributed by atoms with E-state index in [9.17, 15) is 14.4 Å². The van der Waals surface area contributed by atoms with Crippen LogP contribution in [-0.4, -0.2) is 58.6 Å². The summed E-state index contributed by atoms with van der Waals surface area (Å²) in [5, 5.41) is 16.5. The maximum Gasteiger partial charge on any atom is 0.273 e. The summed E-state index contributed by atoms with van der Waals surface area (Å²) in [5.74, 6) is 0.569. The lowest BCUT2D eigenvalue weighted by Gasteiger charge is -2.17. The summed E-state index contributed by atoms with van der Waals surface area (Å²) in [4.78, 5) is 47.3. The van der Waals surface area contributed by atoms with Gasteiger partial charge < -0.3 is 25.6 Å². The Morgan fingerprint density at radius 1 is 1.11 bits per heavy atom. The monoisotopic (exact) mass is 502 g/mol. The van der Waals surface area contributed by atoms with Crippen LogP contribution in [0.15, 0.2) is 36.7 Å². The van der Waals surface area contributed by atoms with Crippen LogP contribution in [0.3, 0.4) is 0 Å². The van der Waals surface area contributed by atoms with Gasteiger partial charge in [0.2, 0.25) is 11.8 Å². The summed E-state index contributed by atoms with van der Waals surface area (Å²) in [6.45, 7) is 0.654. The molecule has 1 saturated heterocycles. The third-order valence-corrected chi connectivity index (χ3v) is 6.19. The van der Waals surface area contributed by atoms with Gasteiger partial charge in [-0.3, -0.25) is 14.4 Å². The van der Waals surface area contributed by atoms with Crippen molar-refractivity contribution in [3.63, 3.8) is 0 Å². The first kappa shape index (κ1) is 24.1. The van der Waals surface area contributed by atoms with E-state index in [-0.39, 0.29) is 29.2 Å². The highest BCUT2D eigenvalue weighted by molar-refractivity contribution is 6.00. The Kier molecular flexibility index (Phi) is 6.62. The molecule has 3 aromatic rings. The molecule has 190 valence electrons. The number of methoxy groups -OCH3 is 1. The molecule has 2 aliphatic rings. The Labute approximate surface area is 212 Å². The molecular formula is C25H26N8O4. The quantitative estimate of drug-likeness (QED) is 0.422. The Hall–Kier alpha value is -4.61. The third-order valence-electron chi connectivity index (χ3n) is 6.19. The number of ether oxygens (including phenoxy) is 1. The van der Waals surface area contributed by atoms with Crippen LogP contribution in [0.4, 0.5) is 22.9 Å². The maximum atomic E-state index is 12.5. The maximum absolute atomic E-state index is 12.5. The number of anilines is 4. The van der Waals surface area contributed by atoms with Crippen LogP contribution < -0.4 is 25.6 Å². The molecule has 1 aliphatic carbocycles. The van der Waals surface area contributed by atoms with Crippen LogP contribution in [-0.2, 0) is 9.59 Å². The van der Waals surface area contributed by atoms with Gasteiger partial charge in [0, 0.05) is 32.0 Å². The third kappa shape index (κ3) is 5.03. The average Bonchev–Trinajstić information content (AvgIpc) is 3.69. The van der Waals surface area contributed by atoms with Gasteiger partial charge in [-0.1, -0.05) is 6.07 Å². The zero-order chi connectivity index (χ0) is 25.9. The summed E-state index contributed by atoms with van der Waals surface area (Å²) in [6, 6.07) is 6.94. The van der Waals surface area contributed by atoms with Crippen molar-refractivity contribution >= 4 is 40.6 Å². The second kappa shape index (κ2) is 10.2. The Bertz CT molecular complexity index is 1360. The number of rotatable bonds is 8. The summed E-state index contributed by atoms with van der Waals surface area (Å²) in [7, 11) is 3.02. The molecule has 0 atom stereocenters. The number of amides is 3. The molecule has 0 bridgehead atoms. The van der Waals surface area contributed by atoms with Crippen molar-refractivity contribution < 1.29 is 19.1 Å². The molecule has 37 heavy (non-hydrogen) atoms. The summed E-state index contributed by atoms with van der Waals surface area (Å²) < 4.78 is 5.70. The fraction of sp³-hybridized carbons (Fsp3) is 0.320.